The van der Waals surface area contributed by atoms with E-state index in [0.717, 1.165) is 24.8 Å². The van der Waals surface area contributed by atoms with Crippen LogP contribution >= 0.6 is 0 Å². The molecule has 34 heavy (non-hydrogen) atoms. The Kier molecular flexibility index (Phi) is 4.64. The van der Waals surface area contributed by atoms with Crippen molar-refractivity contribution in [2.75, 3.05) is 12.0 Å². The second-order valence-corrected chi connectivity index (χ2v) is 12.0. The van der Waals surface area contributed by atoms with E-state index in [1.807, 2.05) is 0 Å². The van der Waals surface area contributed by atoms with Crippen LogP contribution in [0.1, 0.15) is 24.8 Å². The lowest BCUT2D eigenvalue weighted by Gasteiger charge is -2.43. The molecule has 7 nitrogen and oxygen atoms in total. The number of halogens is 1. The van der Waals surface area contributed by atoms with Crippen molar-refractivity contribution in [2.45, 2.75) is 36.7 Å². The van der Waals surface area contributed by atoms with E-state index in [1.165, 1.54) is 18.4 Å². The smallest absolute Gasteiger partial charge is 0.261 e. The summed E-state index contributed by atoms with van der Waals surface area (Å²) >= 11 is 0. The molecule has 2 aromatic rings. The van der Waals surface area contributed by atoms with Crippen molar-refractivity contribution in [1.29, 1.82) is 0 Å². The summed E-state index contributed by atoms with van der Waals surface area (Å²) in [7, 11) is -2.92. The number of nitrogens with two attached hydrogens (primary N) is 1. The number of aliphatic hydroxyl groups is 1. The molecule has 2 aliphatic carbocycles. The fourth-order valence-electron chi connectivity index (χ4n) is 6.20. The first-order chi connectivity index (χ1) is 16.2. The minimum Gasteiger partial charge on any atom is -0.511 e. The molecule has 2 fully saturated rings. The molecule has 0 aromatic heterocycles. The van der Waals surface area contributed by atoms with E-state index in [1.54, 1.807) is 35.2 Å². The van der Waals surface area contributed by atoms with Gasteiger partial charge in [0, 0.05) is 30.4 Å². The van der Waals surface area contributed by atoms with E-state index < -0.39 is 9.73 Å². The first kappa shape index (κ1) is 21.3. The van der Waals surface area contributed by atoms with E-state index in [4.69, 9.17) is 5.73 Å². The van der Waals surface area contributed by atoms with Crippen molar-refractivity contribution in [1.82, 2.24) is 4.90 Å². The Labute approximate surface area is 197 Å². The number of rotatable bonds is 3. The van der Waals surface area contributed by atoms with Gasteiger partial charge >= 0.3 is 0 Å². The summed E-state index contributed by atoms with van der Waals surface area (Å²) in [4.78, 5) is 20.6. The molecular formula is C25H25FN4O3S. The first-order valence-electron chi connectivity index (χ1n) is 11.4. The fraction of sp³-hybridized carbons (Fsp3) is 0.360. The zero-order chi connectivity index (χ0) is 23.8. The zero-order valence-corrected chi connectivity index (χ0v) is 19.5. The Bertz CT molecular complexity index is 1410. The molecule has 2 saturated carbocycles. The molecule has 6 rings (SSSR count). The Hall–Kier alpha value is -3.20. The standard InChI is InChI=1S/C25H25FN4O3S/c1-34(33)19-11-17(27)8-9-18(19)28-24(29-34)21-23(31)20-14-4-5-15(10-14)22(20)30(25(21)32)12-13-2-6-16(26)7-3-13/h2-3,6-9,11,14-15,20,22,31H,4-5,10,12,27H2,1H3/t14-,15+,20-,22+,34?/m1/s1. The highest BCUT2D eigenvalue weighted by atomic mass is 32.2. The van der Waals surface area contributed by atoms with Crippen molar-refractivity contribution >= 4 is 32.8 Å². The van der Waals surface area contributed by atoms with Gasteiger partial charge in [-0.3, -0.25) is 4.79 Å². The quantitative estimate of drug-likeness (QED) is 0.643. The third-order valence-corrected chi connectivity index (χ3v) is 9.31. The summed E-state index contributed by atoms with van der Waals surface area (Å²) in [6, 6.07) is 10.9. The fourth-order valence-corrected chi connectivity index (χ4v) is 7.62. The zero-order valence-electron chi connectivity index (χ0n) is 18.6. The van der Waals surface area contributed by atoms with Crippen LogP contribution in [-0.4, -0.2) is 38.3 Å². The molecule has 2 aliphatic heterocycles. The second kappa shape index (κ2) is 7.40. The summed E-state index contributed by atoms with van der Waals surface area (Å²) in [5.74, 6) is -0.329. The van der Waals surface area contributed by atoms with Gasteiger partial charge in [-0.05, 0) is 67.0 Å². The SMILES string of the molecule is CS1(=O)=NC(C2=C(O)[C@@H]3[C@@H]4CC[C@@H](C4)[C@@H]3N(Cc3ccc(F)cc3)C2=O)=Nc2ccc(N)cc21. The summed E-state index contributed by atoms with van der Waals surface area (Å²) < 4.78 is 31.3. The molecule has 2 bridgehead atoms. The van der Waals surface area contributed by atoms with Crippen molar-refractivity contribution in [3.63, 3.8) is 0 Å². The number of aliphatic imine (C=N–C) groups is 1. The molecule has 0 spiro atoms. The van der Waals surface area contributed by atoms with E-state index >= 15 is 0 Å². The van der Waals surface area contributed by atoms with Crippen LogP contribution in [0.4, 0.5) is 15.8 Å². The third kappa shape index (κ3) is 3.17. The van der Waals surface area contributed by atoms with E-state index in [0.29, 0.717) is 28.7 Å². The Morgan fingerprint density at radius 3 is 2.68 bits per heavy atom. The van der Waals surface area contributed by atoms with Crippen LogP contribution in [0.3, 0.4) is 0 Å². The lowest BCUT2D eigenvalue weighted by atomic mass is 9.77. The van der Waals surface area contributed by atoms with Crippen molar-refractivity contribution in [3.8, 4) is 0 Å². The second-order valence-electron chi connectivity index (χ2n) is 9.73. The highest BCUT2D eigenvalue weighted by molar-refractivity contribution is 7.93. The number of nitrogen functional groups attached to an aromatic ring is 1. The number of carbonyl (C=O) groups is 1. The van der Waals surface area contributed by atoms with Crippen LogP contribution in [0, 0.1) is 23.6 Å². The van der Waals surface area contributed by atoms with Crippen LogP contribution in [0.5, 0.6) is 0 Å². The van der Waals surface area contributed by atoms with Gasteiger partial charge in [-0.1, -0.05) is 12.1 Å². The van der Waals surface area contributed by atoms with Gasteiger partial charge < -0.3 is 15.7 Å². The Balaban J connectivity index is 1.48. The number of aliphatic hydroxyl groups excluding tert-OH is 1. The maximum Gasteiger partial charge on any atom is 0.261 e. The lowest BCUT2D eigenvalue weighted by Crippen LogP contribution is -2.53. The summed E-state index contributed by atoms with van der Waals surface area (Å²) in [5.41, 5.74) is 7.58. The molecule has 1 unspecified atom stereocenters. The Morgan fingerprint density at radius 2 is 1.91 bits per heavy atom. The number of carbonyl (C=O) groups excluding carboxylic acids is 1. The number of amidine groups is 1. The number of benzene rings is 2. The summed E-state index contributed by atoms with van der Waals surface area (Å²) in [6.07, 6.45) is 4.46. The third-order valence-electron chi connectivity index (χ3n) is 7.65. The highest BCUT2D eigenvalue weighted by Crippen LogP contribution is 2.55. The maximum atomic E-state index is 13.9. The van der Waals surface area contributed by atoms with Crippen LogP contribution in [0.25, 0.3) is 0 Å². The van der Waals surface area contributed by atoms with Crippen LogP contribution in [0.15, 0.2) is 68.0 Å². The van der Waals surface area contributed by atoms with Crippen LogP contribution in [-0.2, 0) is 21.1 Å². The molecule has 2 heterocycles. The van der Waals surface area contributed by atoms with E-state index in [-0.39, 0.29) is 46.8 Å². The highest BCUT2D eigenvalue weighted by Gasteiger charge is 2.57. The molecule has 4 aliphatic rings. The largest absolute Gasteiger partial charge is 0.511 e. The van der Waals surface area contributed by atoms with Gasteiger partial charge in [-0.15, -0.1) is 0 Å². The molecule has 3 N–H and O–H groups in total. The van der Waals surface area contributed by atoms with Crippen molar-refractivity contribution in [3.05, 3.63) is 65.2 Å². The summed E-state index contributed by atoms with van der Waals surface area (Å²) in [6.45, 7) is 0.294. The maximum absolute atomic E-state index is 13.9. The van der Waals surface area contributed by atoms with E-state index in [2.05, 4.69) is 9.36 Å². The van der Waals surface area contributed by atoms with Gasteiger partial charge in [0.15, 0.2) is 5.84 Å². The molecule has 0 radical (unpaired) electrons. The lowest BCUT2D eigenvalue weighted by molar-refractivity contribution is -0.134. The van der Waals surface area contributed by atoms with Gasteiger partial charge in [-0.25, -0.2) is 13.6 Å². The number of anilines is 1. The normalized spacial score (nSPS) is 31.8. The molecular weight excluding hydrogens is 455 g/mol. The van der Waals surface area contributed by atoms with Gasteiger partial charge in [0.1, 0.15) is 17.1 Å². The Morgan fingerprint density at radius 1 is 1.18 bits per heavy atom. The molecule has 9 heteroatoms. The molecule has 2 aromatic carbocycles. The number of amides is 1. The van der Waals surface area contributed by atoms with Crippen LogP contribution < -0.4 is 5.73 Å². The molecule has 0 saturated heterocycles. The number of hydrogen-bond acceptors (Lipinski definition) is 6. The van der Waals surface area contributed by atoms with Crippen LogP contribution in [0.2, 0.25) is 0 Å². The van der Waals surface area contributed by atoms with E-state index in [9.17, 15) is 18.5 Å². The molecule has 1 amide bonds. The predicted molar refractivity (Wildman–Crippen MR) is 127 cm³/mol. The molecule has 5 atom stereocenters. The number of nitrogens with zero attached hydrogens (tertiary/aromatic N) is 3. The summed E-state index contributed by atoms with van der Waals surface area (Å²) in [5, 5.41) is 11.4. The predicted octanol–water partition coefficient (Wildman–Crippen LogP) is 4.18. The van der Waals surface area contributed by atoms with Gasteiger partial charge in [0.2, 0.25) is 0 Å². The average Bonchev–Trinajstić information content (AvgIpc) is 3.40. The van der Waals surface area contributed by atoms with Gasteiger partial charge in [0.05, 0.1) is 20.3 Å². The number of hydrogen-bond donors (Lipinski definition) is 2. The first-order valence-corrected chi connectivity index (χ1v) is 13.3. The topological polar surface area (TPSA) is 108 Å². The van der Waals surface area contributed by atoms with Crippen molar-refractivity contribution in [2.24, 2.45) is 27.1 Å². The van der Waals surface area contributed by atoms with Gasteiger partial charge in [-0.2, -0.15) is 4.36 Å². The van der Waals surface area contributed by atoms with Gasteiger partial charge in [0.25, 0.3) is 5.91 Å². The minimum atomic E-state index is -2.92. The number of fused-ring (bicyclic) bond motifs is 6. The average molecular weight is 481 g/mol. The molecule has 176 valence electrons. The monoisotopic (exact) mass is 480 g/mol. The van der Waals surface area contributed by atoms with Crippen molar-refractivity contribution < 1.29 is 18.5 Å². The minimum absolute atomic E-state index is 0.00222.